The lowest BCUT2D eigenvalue weighted by atomic mass is 10.1. The number of pyridine rings is 1. The van der Waals surface area contributed by atoms with Crippen LogP contribution < -0.4 is 4.90 Å². The standard InChI is InChI=1S/C18H21ClN2O/c1-5-7-14-10-12(2)11-20-17(14)21(4)18(22)16-13(3)8-6-9-15(16)19/h6,8-11H,5,7H2,1-4H3. The second-order valence-electron chi connectivity index (χ2n) is 5.54. The van der Waals surface area contributed by atoms with Gasteiger partial charge in [0.1, 0.15) is 5.82 Å². The molecule has 3 nitrogen and oxygen atoms in total. The van der Waals surface area contributed by atoms with Crippen LogP contribution in [0.1, 0.15) is 40.4 Å². The average molecular weight is 317 g/mol. The maximum atomic E-state index is 12.8. The topological polar surface area (TPSA) is 33.2 Å². The maximum Gasteiger partial charge on any atom is 0.260 e. The largest absolute Gasteiger partial charge is 0.296 e. The van der Waals surface area contributed by atoms with Crippen LogP contribution in [0.3, 0.4) is 0 Å². The molecule has 0 radical (unpaired) electrons. The molecule has 1 amide bonds. The van der Waals surface area contributed by atoms with E-state index in [0.29, 0.717) is 16.4 Å². The number of hydrogen-bond acceptors (Lipinski definition) is 2. The summed E-state index contributed by atoms with van der Waals surface area (Å²) in [5.41, 5.74) is 3.59. The van der Waals surface area contributed by atoms with E-state index >= 15 is 0 Å². The summed E-state index contributed by atoms with van der Waals surface area (Å²) in [6.07, 6.45) is 3.69. The van der Waals surface area contributed by atoms with Gasteiger partial charge in [0.15, 0.2) is 0 Å². The van der Waals surface area contributed by atoms with E-state index in [-0.39, 0.29) is 5.91 Å². The van der Waals surface area contributed by atoms with Crippen LogP contribution in [-0.2, 0) is 6.42 Å². The molecule has 22 heavy (non-hydrogen) atoms. The van der Waals surface area contributed by atoms with E-state index in [1.54, 1.807) is 24.2 Å². The van der Waals surface area contributed by atoms with Gasteiger partial charge in [-0.1, -0.05) is 43.1 Å². The second kappa shape index (κ2) is 6.93. The molecule has 1 aromatic carbocycles. The molecular weight excluding hydrogens is 296 g/mol. The Bertz CT molecular complexity index is 677. The smallest absolute Gasteiger partial charge is 0.260 e. The summed E-state index contributed by atoms with van der Waals surface area (Å²) in [4.78, 5) is 18.9. The number of nitrogens with zero attached hydrogens (tertiary/aromatic N) is 2. The highest BCUT2D eigenvalue weighted by Crippen LogP contribution is 2.25. The molecule has 2 aromatic rings. The molecule has 0 atom stereocenters. The predicted octanol–water partition coefficient (Wildman–Crippen LogP) is 4.58. The zero-order valence-corrected chi connectivity index (χ0v) is 14.2. The van der Waals surface area contributed by atoms with Gasteiger partial charge in [0, 0.05) is 13.2 Å². The van der Waals surface area contributed by atoms with Gasteiger partial charge in [-0.05, 0) is 43.0 Å². The van der Waals surface area contributed by atoms with Crippen molar-refractivity contribution < 1.29 is 4.79 Å². The molecule has 4 heteroatoms. The lowest BCUT2D eigenvalue weighted by molar-refractivity contribution is 0.0991. The third-order valence-corrected chi connectivity index (χ3v) is 3.97. The molecule has 0 N–H and O–H groups in total. The molecule has 0 fully saturated rings. The molecule has 0 saturated carbocycles. The Morgan fingerprint density at radius 1 is 1.32 bits per heavy atom. The minimum atomic E-state index is -0.128. The van der Waals surface area contributed by atoms with Crippen molar-refractivity contribution in [3.63, 3.8) is 0 Å². The number of rotatable bonds is 4. The highest BCUT2D eigenvalue weighted by molar-refractivity contribution is 6.34. The summed E-state index contributed by atoms with van der Waals surface area (Å²) < 4.78 is 0. The molecule has 0 aliphatic carbocycles. The fourth-order valence-corrected chi connectivity index (χ4v) is 2.85. The molecular formula is C18H21ClN2O. The van der Waals surface area contributed by atoms with E-state index < -0.39 is 0 Å². The van der Waals surface area contributed by atoms with E-state index in [9.17, 15) is 4.79 Å². The van der Waals surface area contributed by atoms with Gasteiger partial charge in [-0.15, -0.1) is 0 Å². The minimum absolute atomic E-state index is 0.128. The maximum absolute atomic E-state index is 12.8. The third-order valence-electron chi connectivity index (χ3n) is 3.66. The normalized spacial score (nSPS) is 10.6. The van der Waals surface area contributed by atoms with Gasteiger partial charge in [-0.3, -0.25) is 9.69 Å². The van der Waals surface area contributed by atoms with E-state index in [4.69, 9.17) is 11.6 Å². The van der Waals surface area contributed by atoms with Crippen molar-refractivity contribution >= 4 is 23.3 Å². The summed E-state index contributed by atoms with van der Waals surface area (Å²) in [7, 11) is 1.75. The van der Waals surface area contributed by atoms with Crippen LogP contribution in [-0.4, -0.2) is 17.9 Å². The van der Waals surface area contributed by atoms with E-state index in [2.05, 4.69) is 18.0 Å². The molecule has 0 spiro atoms. The van der Waals surface area contributed by atoms with Crippen molar-refractivity contribution in [3.05, 3.63) is 57.7 Å². The number of carbonyl (C=O) groups excluding carboxylic acids is 1. The van der Waals surface area contributed by atoms with E-state index in [0.717, 1.165) is 29.5 Å². The minimum Gasteiger partial charge on any atom is -0.296 e. The summed E-state index contributed by atoms with van der Waals surface area (Å²) in [5.74, 6) is 0.577. The molecule has 1 heterocycles. The average Bonchev–Trinajstić information content (AvgIpc) is 2.47. The van der Waals surface area contributed by atoms with Crippen LogP contribution >= 0.6 is 11.6 Å². The Kier molecular flexibility index (Phi) is 5.19. The third kappa shape index (κ3) is 3.30. The number of anilines is 1. The first-order chi connectivity index (χ1) is 10.5. The van der Waals surface area contributed by atoms with E-state index in [1.807, 2.05) is 26.0 Å². The first kappa shape index (κ1) is 16.5. The number of amides is 1. The van der Waals surface area contributed by atoms with Gasteiger partial charge in [0.05, 0.1) is 10.6 Å². The quantitative estimate of drug-likeness (QED) is 0.827. The van der Waals surface area contributed by atoms with Gasteiger partial charge in [-0.25, -0.2) is 4.98 Å². The second-order valence-corrected chi connectivity index (χ2v) is 5.95. The Labute approximate surface area is 136 Å². The zero-order valence-electron chi connectivity index (χ0n) is 13.5. The number of aryl methyl sites for hydroxylation is 3. The molecule has 0 unspecified atom stereocenters. The lowest BCUT2D eigenvalue weighted by Crippen LogP contribution is -2.29. The summed E-state index contributed by atoms with van der Waals surface area (Å²) in [6, 6.07) is 7.57. The fraction of sp³-hybridized carbons (Fsp3) is 0.333. The highest BCUT2D eigenvalue weighted by Gasteiger charge is 2.21. The highest BCUT2D eigenvalue weighted by atomic mass is 35.5. The lowest BCUT2D eigenvalue weighted by Gasteiger charge is -2.21. The fourth-order valence-electron chi connectivity index (χ4n) is 2.54. The Morgan fingerprint density at radius 3 is 2.68 bits per heavy atom. The van der Waals surface area contributed by atoms with Crippen molar-refractivity contribution in [1.29, 1.82) is 0 Å². The Morgan fingerprint density at radius 2 is 2.05 bits per heavy atom. The number of halogens is 1. The van der Waals surface area contributed by atoms with Crippen molar-refractivity contribution in [3.8, 4) is 0 Å². The van der Waals surface area contributed by atoms with Crippen LogP contribution in [0.4, 0.5) is 5.82 Å². The molecule has 0 aliphatic rings. The number of benzene rings is 1. The Hall–Kier alpha value is -1.87. The van der Waals surface area contributed by atoms with Crippen molar-refractivity contribution in [1.82, 2.24) is 4.98 Å². The van der Waals surface area contributed by atoms with Gasteiger partial charge >= 0.3 is 0 Å². The van der Waals surface area contributed by atoms with Gasteiger partial charge in [0.25, 0.3) is 5.91 Å². The predicted molar refractivity (Wildman–Crippen MR) is 91.9 cm³/mol. The molecule has 1 aromatic heterocycles. The molecule has 0 saturated heterocycles. The number of aromatic nitrogens is 1. The molecule has 2 rings (SSSR count). The van der Waals surface area contributed by atoms with Crippen molar-refractivity contribution in [2.45, 2.75) is 33.6 Å². The first-order valence-electron chi connectivity index (χ1n) is 7.44. The molecule has 0 aliphatic heterocycles. The van der Waals surface area contributed by atoms with Gasteiger partial charge in [0.2, 0.25) is 0 Å². The van der Waals surface area contributed by atoms with Crippen molar-refractivity contribution in [2.75, 3.05) is 11.9 Å². The van der Waals surface area contributed by atoms with Crippen LogP contribution in [0, 0.1) is 13.8 Å². The summed E-state index contributed by atoms with van der Waals surface area (Å²) >= 11 is 6.21. The zero-order chi connectivity index (χ0) is 16.3. The SMILES string of the molecule is CCCc1cc(C)cnc1N(C)C(=O)c1c(C)cccc1Cl. The van der Waals surface area contributed by atoms with Crippen LogP contribution in [0.2, 0.25) is 5.02 Å². The molecule has 0 bridgehead atoms. The van der Waals surface area contributed by atoms with Gasteiger partial charge in [-0.2, -0.15) is 0 Å². The van der Waals surface area contributed by atoms with Crippen molar-refractivity contribution in [2.24, 2.45) is 0 Å². The first-order valence-corrected chi connectivity index (χ1v) is 7.82. The Balaban J connectivity index is 2.43. The van der Waals surface area contributed by atoms with Crippen LogP contribution in [0.25, 0.3) is 0 Å². The van der Waals surface area contributed by atoms with Crippen LogP contribution in [0.5, 0.6) is 0 Å². The van der Waals surface area contributed by atoms with E-state index in [1.165, 1.54) is 0 Å². The summed E-state index contributed by atoms with van der Waals surface area (Å²) in [6.45, 7) is 6.02. The number of carbonyl (C=O) groups is 1. The van der Waals surface area contributed by atoms with Crippen LogP contribution in [0.15, 0.2) is 30.5 Å². The monoisotopic (exact) mass is 316 g/mol. The molecule has 116 valence electrons. The number of hydrogen-bond donors (Lipinski definition) is 0. The summed E-state index contributed by atoms with van der Waals surface area (Å²) in [5, 5.41) is 0.473. The van der Waals surface area contributed by atoms with Gasteiger partial charge < -0.3 is 0 Å².